The van der Waals surface area contributed by atoms with Gasteiger partial charge in [-0.25, -0.2) is 4.98 Å². The van der Waals surface area contributed by atoms with Crippen LogP contribution in [0.5, 0.6) is 0 Å². The molecule has 1 aromatic carbocycles. The molecule has 0 amide bonds. The van der Waals surface area contributed by atoms with Crippen LogP contribution < -0.4 is 5.73 Å². The van der Waals surface area contributed by atoms with E-state index in [0.717, 1.165) is 13.0 Å². The van der Waals surface area contributed by atoms with Crippen molar-refractivity contribution in [3.8, 4) is 11.3 Å². The van der Waals surface area contributed by atoms with Gasteiger partial charge < -0.3 is 10.3 Å². The molecule has 0 saturated carbocycles. The maximum absolute atomic E-state index is 5.79. The Bertz CT molecular complexity index is 468. The highest BCUT2D eigenvalue weighted by Gasteiger charge is 2.04. The summed E-state index contributed by atoms with van der Waals surface area (Å²) < 4.78 is 2.14. The van der Waals surface area contributed by atoms with Gasteiger partial charge >= 0.3 is 0 Å². The minimum Gasteiger partial charge on any atom is -0.331 e. The molecular formula is C14H19N3. The largest absolute Gasteiger partial charge is 0.331 e. The van der Waals surface area contributed by atoms with E-state index in [4.69, 9.17) is 5.73 Å². The van der Waals surface area contributed by atoms with Crippen LogP contribution in [0.25, 0.3) is 11.3 Å². The third-order valence-electron chi connectivity index (χ3n) is 2.86. The summed E-state index contributed by atoms with van der Waals surface area (Å²) in [6.07, 6.45) is 4.70. The van der Waals surface area contributed by atoms with Crippen molar-refractivity contribution in [2.45, 2.75) is 32.9 Å². The van der Waals surface area contributed by atoms with Gasteiger partial charge in [0.05, 0.1) is 18.2 Å². The van der Waals surface area contributed by atoms with Gasteiger partial charge in [-0.15, -0.1) is 0 Å². The summed E-state index contributed by atoms with van der Waals surface area (Å²) in [6.45, 7) is 5.09. The van der Waals surface area contributed by atoms with Crippen molar-refractivity contribution in [2.24, 2.45) is 5.73 Å². The summed E-state index contributed by atoms with van der Waals surface area (Å²) in [5, 5.41) is 0. The molecule has 1 heterocycles. The third-order valence-corrected chi connectivity index (χ3v) is 2.86. The molecule has 17 heavy (non-hydrogen) atoms. The van der Waals surface area contributed by atoms with Crippen LogP contribution >= 0.6 is 0 Å². The summed E-state index contributed by atoms with van der Waals surface area (Å²) in [5.74, 6) is 0. The van der Waals surface area contributed by atoms with E-state index in [9.17, 15) is 0 Å². The van der Waals surface area contributed by atoms with Crippen LogP contribution in [0.3, 0.4) is 0 Å². The van der Waals surface area contributed by atoms with Gasteiger partial charge in [-0.05, 0) is 31.4 Å². The lowest BCUT2D eigenvalue weighted by molar-refractivity contribution is 0.738. The van der Waals surface area contributed by atoms with Crippen LogP contribution in [0.4, 0.5) is 0 Å². The van der Waals surface area contributed by atoms with Gasteiger partial charge in [0, 0.05) is 12.6 Å². The minimum atomic E-state index is 0.210. The lowest BCUT2D eigenvalue weighted by Gasteiger charge is -2.08. The van der Waals surface area contributed by atoms with Gasteiger partial charge in [0.15, 0.2) is 0 Å². The second-order valence-electron chi connectivity index (χ2n) is 4.44. The average molecular weight is 229 g/mol. The highest BCUT2D eigenvalue weighted by Crippen LogP contribution is 2.19. The number of benzene rings is 1. The van der Waals surface area contributed by atoms with E-state index < -0.39 is 0 Å². The molecule has 0 spiro atoms. The molecule has 2 aromatic rings. The molecule has 0 saturated heterocycles. The summed E-state index contributed by atoms with van der Waals surface area (Å²) in [7, 11) is 0. The molecule has 0 fully saturated rings. The van der Waals surface area contributed by atoms with Gasteiger partial charge in [0.25, 0.3) is 0 Å². The monoisotopic (exact) mass is 229 g/mol. The Morgan fingerprint density at radius 1 is 1.29 bits per heavy atom. The van der Waals surface area contributed by atoms with E-state index in [1.165, 1.54) is 16.8 Å². The second kappa shape index (κ2) is 5.15. The fraction of sp³-hybridized carbons (Fsp3) is 0.357. The zero-order chi connectivity index (χ0) is 12.3. The van der Waals surface area contributed by atoms with Gasteiger partial charge in [-0.1, -0.05) is 24.3 Å². The van der Waals surface area contributed by atoms with Gasteiger partial charge in [0.1, 0.15) is 0 Å². The topological polar surface area (TPSA) is 43.8 Å². The Labute approximate surface area is 102 Å². The highest BCUT2D eigenvalue weighted by atomic mass is 15.0. The van der Waals surface area contributed by atoms with Crippen LogP contribution in [0.1, 0.15) is 19.4 Å². The summed E-state index contributed by atoms with van der Waals surface area (Å²) in [4.78, 5) is 4.18. The van der Waals surface area contributed by atoms with Crippen molar-refractivity contribution >= 4 is 0 Å². The molecule has 0 radical (unpaired) electrons. The molecule has 1 aromatic heterocycles. The number of hydrogen-bond acceptors (Lipinski definition) is 2. The predicted molar refractivity (Wildman–Crippen MR) is 70.7 cm³/mol. The zero-order valence-electron chi connectivity index (χ0n) is 10.4. The molecule has 2 N–H and O–H groups in total. The SMILES string of the molecule is CCn1cncc1-c1ccc(CC(C)N)cc1. The number of rotatable bonds is 4. The Morgan fingerprint density at radius 2 is 2.00 bits per heavy atom. The van der Waals surface area contributed by atoms with Gasteiger partial charge in [-0.3, -0.25) is 0 Å². The van der Waals surface area contributed by atoms with E-state index in [0.29, 0.717) is 0 Å². The van der Waals surface area contributed by atoms with E-state index in [1.807, 2.05) is 19.4 Å². The number of aromatic nitrogens is 2. The zero-order valence-corrected chi connectivity index (χ0v) is 10.4. The molecule has 3 heteroatoms. The van der Waals surface area contributed by atoms with Crippen molar-refractivity contribution in [1.29, 1.82) is 0 Å². The summed E-state index contributed by atoms with van der Waals surface area (Å²) in [5.41, 5.74) is 9.45. The van der Waals surface area contributed by atoms with Crippen LogP contribution in [-0.4, -0.2) is 15.6 Å². The first-order valence-corrected chi connectivity index (χ1v) is 6.05. The van der Waals surface area contributed by atoms with E-state index in [-0.39, 0.29) is 6.04 Å². The number of aryl methyl sites for hydroxylation is 1. The van der Waals surface area contributed by atoms with E-state index in [1.54, 1.807) is 0 Å². The number of hydrogen-bond donors (Lipinski definition) is 1. The number of imidazole rings is 1. The molecule has 0 bridgehead atoms. The smallest absolute Gasteiger partial charge is 0.0950 e. The van der Waals surface area contributed by atoms with Crippen molar-refractivity contribution < 1.29 is 0 Å². The average Bonchev–Trinajstić information content (AvgIpc) is 2.77. The maximum atomic E-state index is 5.79. The Balaban J connectivity index is 2.23. The van der Waals surface area contributed by atoms with Crippen molar-refractivity contribution in [3.05, 3.63) is 42.4 Å². The van der Waals surface area contributed by atoms with E-state index >= 15 is 0 Å². The number of nitrogens with zero attached hydrogens (tertiary/aromatic N) is 2. The molecule has 90 valence electrons. The van der Waals surface area contributed by atoms with Gasteiger partial charge in [0.2, 0.25) is 0 Å². The maximum Gasteiger partial charge on any atom is 0.0950 e. The first-order valence-electron chi connectivity index (χ1n) is 6.05. The predicted octanol–water partition coefficient (Wildman–Crippen LogP) is 2.46. The molecule has 0 aliphatic rings. The normalized spacial score (nSPS) is 12.6. The Kier molecular flexibility index (Phi) is 3.59. The molecule has 0 aliphatic carbocycles. The fourth-order valence-corrected chi connectivity index (χ4v) is 2.00. The van der Waals surface area contributed by atoms with Crippen LogP contribution in [0.15, 0.2) is 36.8 Å². The molecule has 1 atom stereocenters. The Morgan fingerprint density at radius 3 is 2.59 bits per heavy atom. The molecular weight excluding hydrogens is 210 g/mol. The van der Waals surface area contributed by atoms with Crippen molar-refractivity contribution in [1.82, 2.24) is 9.55 Å². The standard InChI is InChI=1S/C14H19N3/c1-3-17-10-16-9-14(17)13-6-4-12(5-7-13)8-11(2)15/h4-7,9-11H,3,8,15H2,1-2H3. The molecule has 0 aliphatic heterocycles. The first kappa shape index (κ1) is 11.9. The van der Waals surface area contributed by atoms with Gasteiger partial charge in [-0.2, -0.15) is 0 Å². The van der Waals surface area contributed by atoms with Crippen LogP contribution in [0.2, 0.25) is 0 Å². The highest BCUT2D eigenvalue weighted by molar-refractivity contribution is 5.59. The van der Waals surface area contributed by atoms with Crippen molar-refractivity contribution in [2.75, 3.05) is 0 Å². The summed E-state index contributed by atoms with van der Waals surface area (Å²) >= 11 is 0. The lowest BCUT2D eigenvalue weighted by atomic mass is 10.0. The number of nitrogens with two attached hydrogens (primary N) is 1. The molecule has 3 nitrogen and oxygen atoms in total. The lowest BCUT2D eigenvalue weighted by Crippen LogP contribution is -2.17. The quantitative estimate of drug-likeness (QED) is 0.875. The summed E-state index contributed by atoms with van der Waals surface area (Å²) in [6, 6.07) is 8.78. The first-order chi connectivity index (χ1) is 8.20. The second-order valence-corrected chi connectivity index (χ2v) is 4.44. The van der Waals surface area contributed by atoms with Crippen LogP contribution in [-0.2, 0) is 13.0 Å². The molecule has 2 rings (SSSR count). The third kappa shape index (κ3) is 2.74. The molecule has 1 unspecified atom stereocenters. The van der Waals surface area contributed by atoms with Crippen LogP contribution in [0, 0.1) is 0 Å². The fourth-order valence-electron chi connectivity index (χ4n) is 2.00. The Hall–Kier alpha value is -1.61. The minimum absolute atomic E-state index is 0.210. The van der Waals surface area contributed by atoms with Crippen molar-refractivity contribution in [3.63, 3.8) is 0 Å². The van der Waals surface area contributed by atoms with E-state index in [2.05, 4.69) is 40.7 Å².